The van der Waals surface area contributed by atoms with E-state index in [0.29, 0.717) is 12.4 Å². The SMILES string of the molecule is COc1ccc(-c2cc(C(=O)O)ccc2OCc2ccccc2)cc1. The number of carbonyl (C=O) groups is 1. The van der Waals surface area contributed by atoms with E-state index in [-0.39, 0.29) is 5.56 Å². The summed E-state index contributed by atoms with van der Waals surface area (Å²) in [4.78, 5) is 11.3. The summed E-state index contributed by atoms with van der Waals surface area (Å²) in [5.41, 5.74) is 2.87. The van der Waals surface area contributed by atoms with Crippen molar-refractivity contribution in [2.45, 2.75) is 6.61 Å². The zero-order valence-electron chi connectivity index (χ0n) is 13.8. The second kappa shape index (κ2) is 7.53. The van der Waals surface area contributed by atoms with Crippen LogP contribution in [0.1, 0.15) is 15.9 Å². The molecule has 0 atom stereocenters. The van der Waals surface area contributed by atoms with Gasteiger partial charge in [0.2, 0.25) is 0 Å². The van der Waals surface area contributed by atoms with E-state index in [2.05, 4.69) is 0 Å². The fourth-order valence-electron chi connectivity index (χ4n) is 2.52. The van der Waals surface area contributed by atoms with Crippen molar-refractivity contribution in [1.82, 2.24) is 0 Å². The lowest BCUT2D eigenvalue weighted by Crippen LogP contribution is -2.00. The summed E-state index contributed by atoms with van der Waals surface area (Å²) in [7, 11) is 1.61. The van der Waals surface area contributed by atoms with Crippen LogP contribution in [0.3, 0.4) is 0 Å². The molecule has 3 aromatic rings. The van der Waals surface area contributed by atoms with E-state index in [1.807, 2.05) is 54.6 Å². The number of carboxylic acid groups (broad SMARTS) is 1. The molecule has 0 bridgehead atoms. The molecule has 0 saturated heterocycles. The molecule has 0 aliphatic heterocycles. The Labute approximate surface area is 146 Å². The number of methoxy groups -OCH3 is 1. The fraction of sp³-hybridized carbons (Fsp3) is 0.0952. The fourth-order valence-corrected chi connectivity index (χ4v) is 2.52. The monoisotopic (exact) mass is 334 g/mol. The topological polar surface area (TPSA) is 55.8 Å². The number of ether oxygens (including phenoxy) is 2. The van der Waals surface area contributed by atoms with E-state index in [0.717, 1.165) is 22.4 Å². The van der Waals surface area contributed by atoms with E-state index in [4.69, 9.17) is 9.47 Å². The Balaban J connectivity index is 1.94. The van der Waals surface area contributed by atoms with Crippen molar-refractivity contribution in [3.63, 3.8) is 0 Å². The van der Waals surface area contributed by atoms with Gasteiger partial charge in [-0.15, -0.1) is 0 Å². The zero-order chi connectivity index (χ0) is 17.6. The molecule has 0 unspecified atom stereocenters. The predicted octanol–water partition coefficient (Wildman–Crippen LogP) is 4.64. The van der Waals surface area contributed by atoms with Crippen LogP contribution in [0.4, 0.5) is 0 Å². The van der Waals surface area contributed by atoms with Crippen molar-refractivity contribution in [3.05, 3.63) is 83.9 Å². The lowest BCUT2D eigenvalue weighted by atomic mass is 10.0. The van der Waals surface area contributed by atoms with Gasteiger partial charge in [-0.1, -0.05) is 42.5 Å². The molecule has 126 valence electrons. The summed E-state index contributed by atoms with van der Waals surface area (Å²) in [6, 6.07) is 22.2. The maximum Gasteiger partial charge on any atom is 0.335 e. The van der Waals surface area contributed by atoms with E-state index in [1.54, 1.807) is 25.3 Å². The summed E-state index contributed by atoms with van der Waals surface area (Å²) in [5.74, 6) is 0.410. The average molecular weight is 334 g/mol. The van der Waals surface area contributed by atoms with Crippen molar-refractivity contribution in [2.24, 2.45) is 0 Å². The Morgan fingerprint density at radius 3 is 2.32 bits per heavy atom. The zero-order valence-corrected chi connectivity index (χ0v) is 13.8. The molecule has 0 saturated carbocycles. The maximum atomic E-state index is 11.3. The minimum Gasteiger partial charge on any atom is -0.497 e. The first-order valence-corrected chi connectivity index (χ1v) is 7.86. The van der Waals surface area contributed by atoms with Crippen LogP contribution < -0.4 is 9.47 Å². The van der Waals surface area contributed by atoms with Gasteiger partial charge in [-0.2, -0.15) is 0 Å². The summed E-state index contributed by atoms with van der Waals surface area (Å²) in [6.45, 7) is 0.413. The third-order valence-electron chi connectivity index (χ3n) is 3.86. The van der Waals surface area contributed by atoms with Gasteiger partial charge in [-0.05, 0) is 41.5 Å². The van der Waals surface area contributed by atoms with Gasteiger partial charge < -0.3 is 14.6 Å². The van der Waals surface area contributed by atoms with Crippen LogP contribution in [0.5, 0.6) is 11.5 Å². The van der Waals surface area contributed by atoms with E-state index < -0.39 is 5.97 Å². The minimum absolute atomic E-state index is 0.220. The van der Waals surface area contributed by atoms with Crippen LogP contribution in [-0.4, -0.2) is 18.2 Å². The lowest BCUT2D eigenvalue weighted by molar-refractivity contribution is 0.0697. The highest BCUT2D eigenvalue weighted by atomic mass is 16.5. The third-order valence-corrected chi connectivity index (χ3v) is 3.86. The molecule has 0 aliphatic rings. The van der Waals surface area contributed by atoms with Gasteiger partial charge in [0.25, 0.3) is 0 Å². The number of hydrogen-bond acceptors (Lipinski definition) is 3. The van der Waals surface area contributed by atoms with E-state index in [9.17, 15) is 9.90 Å². The molecule has 1 N–H and O–H groups in total. The van der Waals surface area contributed by atoms with Gasteiger partial charge in [0.15, 0.2) is 0 Å². The van der Waals surface area contributed by atoms with Gasteiger partial charge in [0.1, 0.15) is 18.1 Å². The van der Waals surface area contributed by atoms with Crippen molar-refractivity contribution >= 4 is 5.97 Å². The van der Waals surface area contributed by atoms with E-state index >= 15 is 0 Å². The molecule has 3 rings (SSSR count). The molecule has 4 heteroatoms. The Hall–Kier alpha value is -3.27. The highest BCUT2D eigenvalue weighted by Crippen LogP contribution is 2.32. The Kier molecular flexibility index (Phi) is 5.00. The number of rotatable bonds is 6. The Morgan fingerprint density at radius 1 is 0.960 bits per heavy atom. The van der Waals surface area contributed by atoms with Crippen LogP contribution in [0.2, 0.25) is 0 Å². The molecular weight excluding hydrogens is 316 g/mol. The van der Waals surface area contributed by atoms with Crippen LogP contribution in [0, 0.1) is 0 Å². The maximum absolute atomic E-state index is 11.3. The largest absolute Gasteiger partial charge is 0.497 e. The quantitative estimate of drug-likeness (QED) is 0.713. The minimum atomic E-state index is -0.968. The molecular formula is C21H18O4. The van der Waals surface area contributed by atoms with Crippen molar-refractivity contribution in [2.75, 3.05) is 7.11 Å². The van der Waals surface area contributed by atoms with Crippen LogP contribution in [-0.2, 0) is 6.61 Å². The Bertz CT molecular complexity index is 855. The predicted molar refractivity (Wildman–Crippen MR) is 96.2 cm³/mol. The van der Waals surface area contributed by atoms with Crippen LogP contribution in [0.15, 0.2) is 72.8 Å². The first-order chi connectivity index (χ1) is 12.2. The van der Waals surface area contributed by atoms with Crippen molar-refractivity contribution in [1.29, 1.82) is 0 Å². The number of benzene rings is 3. The molecule has 0 amide bonds. The number of carboxylic acids is 1. The third kappa shape index (κ3) is 3.98. The molecule has 0 aromatic heterocycles. The number of hydrogen-bond donors (Lipinski definition) is 1. The summed E-state index contributed by atoms with van der Waals surface area (Å²) < 4.78 is 11.1. The standard InChI is InChI=1S/C21H18O4/c1-24-18-10-7-16(8-11-18)19-13-17(21(22)23)9-12-20(19)25-14-15-5-3-2-4-6-15/h2-13H,14H2,1H3,(H,22,23). The molecule has 0 fully saturated rings. The van der Waals surface area contributed by atoms with Crippen LogP contribution in [0.25, 0.3) is 11.1 Å². The number of aromatic carboxylic acids is 1. The lowest BCUT2D eigenvalue weighted by Gasteiger charge is -2.13. The van der Waals surface area contributed by atoms with Crippen molar-refractivity contribution in [3.8, 4) is 22.6 Å². The van der Waals surface area contributed by atoms with Crippen LogP contribution >= 0.6 is 0 Å². The molecule has 4 nitrogen and oxygen atoms in total. The van der Waals surface area contributed by atoms with E-state index in [1.165, 1.54) is 0 Å². The van der Waals surface area contributed by atoms with Gasteiger partial charge in [-0.3, -0.25) is 0 Å². The van der Waals surface area contributed by atoms with Gasteiger partial charge in [0, 0.05) is 5.56 Å². The molecule has 3 aromatic carbocycles. The summed E-state index contributed by atoms with van der Waals surface area (Å²) in [6.07, 6.45) is 0. The second-order valence-electron chi connectivity index (χ2n) is 5.52. The van der Waals surface area contributed by atoms with Gasteiger partial charge >= 0.3 is 5.97 Å². The highest BCUT2D eigenvalue weighted by Gasteiger charge is 2.12. The van der Waals surface area contributed by atoms with Gasteiger partial charge in [-0.25, -0.2) is 4.79 Å². The smallest absolute Gasteiger partial charge is 0.335 e. The van der Waals surface area contributed by atoms with Gasteiger partial charge in [0.05, 0.1) is 12.7 Å². The molecule has 0 radical (unpaired) electrons. The normalized spacial score (nSPS) is 10.3. The van der Waals surface area contributed by atoms with Crippen molar-refractivity contribution < 1.29 is 19.4 Å². The summed E-state index contributed by atoms with van der Waals surface area (Å²) in [5, 5.41) is 9.28. The first-order valence-electron chi connectivity index (χ1n) is 7.86. The second-order valence-corrected chi connectivity index (χ2v) is 5.52. The highest BCUT2D eigenvalue weighted by molar-refractivity contribution is 5.90. The molecule has 0 heterocycles. The first kappa shape index (κ1) is 16.6. The Morgan fingerprint density at radius 2 is 1.68 bits per heavy atom. The molecule has 25 heavy (non-hydrogen) atoms. The molecule has 0 spiro atoms. The molecule has 0 aliphatic carbocycles. The average Bonchev–Trinajstić information content (AvgIpc) is 2.67. The summed E-state index contributed by atoms with van der Waals surface area (Å²) >= 11 is 0.